The average Bonchev–Trinajstić information content (AvgIpc) is 2.45. The minimum Gasteiger partial charge on any atom is -0.380 e. The van der Waals surface area contributed by atoms with Gasteiger partial charge in [-0.2, -0.15) is 5.26 Å². The molecule has 21 heavy (non-hydrogen) atoms. The number of hydrogen-bond donors (Lipinski definition) is 0. The average molecular weight is 319 g/mol. The summed E-state index contributed by atoms with van der Waals surface area (Å²) in [5.74, 6) is 0.720. The van der Waals surface area contributed by atoms with Crippen LogP contribution in [0.25, 0.3) is 0 Å². The van der Waals surface area contributed by atoms with Gasteiger partial charge in [-0.25, -0.2) is 4.98 Å². The van der Waals surface area contributed by atoms with Gasteiger partial charge in [-0.05, 0) is 36.2 Å². The van der Waals surface area contributed by atoms with Gasteiger partial charge in [-0.3, -0.25) is 0 Å². The topological polar surface area (TPSA) is 45.9 Å². The molecule has 3 nitrogen and oxygen atoms in total. The zero-order chi connectivity index (χ0) is 15.2. The molecule has 0 spiro atoms. The molecule has 0 bridgehead atoms. The summed E-state index contributed by atoms with van der Waals surface area (Å²) >= 11 is 7.52. The molecule has 0 aliphatic carbocycles. The monoisotopic (exact) mass is 318 g/mol. The van der Waals surface area contributed by atoms with Crippen LogP contribution >= 0.6 is 23.4 Å². The molecule has 0 amide bonds. The number of nitrogens with zero attached hydrogens (tertiary/aromatic N) is 2. The maximum atomic E-state index is 9.38. The quantitative estimate of drug-likeness (QED) is 0.769. The smallest absolute Gasteiger partial charge is 0.115 e. The summed E-state index contributed by atoms with van der Waals surface area (Å²) in [5, 5.41) is 10.8. The zero-order valence-electron chi connectivity index (χ0n) is 11.9. The molecule has 1 heterocycles. The standard InChI is InChI=1S/C16H15ClN2OS/c1-11-6-13(9-20-2)15(8-18)16(19-11)21-10-12-4-3-5-14(17)7-12/h3-7H,9-10H2,1-2H3. The Morgan fingerprint density at radius 1 is 1.38 bits per heavy atom. The van der Waals surface area contributed by atoms with Gasteiger partial charge in [-0.1, -0.05) is 23.7 Å². The van der Waals surface area contributed by atoms with E-state index in [1.165, 1.54) is 11.8 Å². The van der Waals surface area contributed by atoms with E-state index in [1.54, 1.807) is 7.11 Å². The van der Waals surface area contributed by atoms with Gasteiger partial charge in [0.15, 0.2) is 0 Å². The number of aromatic nitrogens is 1. The van der Waals surface area contributed by atoms with Crippen molar-refractivity contribution < 1.29 is 4.74 Å². The van der Waals surface area contributed by atoms with Crippen molar-refractivity contribution in [2.45, 2.75) is 24.3 Å². The third kappa shape index (κ3) is 4.21. The fourth-order valence-corrected chi connectivity index (χ4v) is 3.21. The molecule has 0 radical (unpaired) electrons. The number of aryl methyl sites for hydroxylation is 1. The van der Waals surface area contributed by atoms with Crippen LogP contribution in [0, 0.1) is 18.3 Å². The molecule has 0 fully saturated rings. The van der Waals surface area contributed by atoms with Crippen LogP contribution in [-0.2, 0) is 17.1 Å². The first-order valence-electron chi connectivity index (χ1n) is 6.41. The summed E-state index contributed by atoms with van der Waals surface area (Å²) in [7, 11) is 1.62. The third-order valence-corrected chi connectivity index (χ3v) is 4.15. The third-order valence-electron chi connectivity index (χ3n) is 2.87. The van der Waals surface area contributed by atoms with Crippen molar-refractivity contribution in [1.82, 2.24) is 4.98 Å². The van der Waals surface area contributed by atoms with Crippen LogP contribution in [0.2, 0.25) is 5.02 Å². The van der Waals surface area contributed by atoms with Crippen molar-refractivity contribution in [2.24, 2.45) is 0 Å². The van der Waals surface area contributed by atoms with E-state index in [2.05, 4.69) is 11.1 Å². The van der Waals surface area contributed by atoms with Gasteiger partial charge in [-0.15, -0.1) is 11.8 Å². The lowest BCUT2D eigenvalue weighted by Gasteiger charge is -2.09. The SMILES string of the molecule is COCc1cc(C)nc(SCc2cccc(Cl)c2)c1C#N. The molecule has 2 aromatic rings. The molecule has 1 aromatic carbocycles. The van der Waals surface area contributed by atoms with Crippen molar-refractivity contribution >= 4 is 23.4 Å². The summed E-state index contributed by atoms with van der Waals surface area (Å²) in [4.78, 5) is 4.48. The molecule has 0 N–H and O–H groups in total. The molecule has 5 heteroatoms. The molecule has 0 atom stereocenters. The highest BCUT2D eigenvalue weighted by Gasteiger charge is 2.12. The van der Waals surface area contributed by atoms with Gasteiger partial charge >= 0.3 is 0 Å². The first-order chi connectivity index (χ1) is 10.1. The molecule has 1 aromatic heterocycles. The van der Waals surface area contributed by atoms with Crippen molar-refractivity contribution in [1.29, 1.82) is 5.26 Å². The number of rotatable bonds is 5. The van der Waals surface area contributed by atoms with E-state index in [9.17, 15) is 5.26 Å². The van der Waals surface area contributed by atoms with E-state index >= 15 is 0 Å². The Morgan fingerprint density at radius 3 is 2.86 bits per heavy atom. The number of halogens is 1. The molecule has 0 saturated heterocycles. The summed E-state index contributed by atoms with van der Waals surface area (Å²) in [6.45, 7) is 2.33. The van der Waals surface area contributed by atoms with Gasteiger partial charge in [0.25, 0.3) is 0 Å². The highest BCUT2D eigenvalue weighted by molar-refractivity contribution is 7.98. The van der Waals surface area contributed by atoms with Crippen LogP contribution in [0.5, 0.6) is 0 Å². The number of nitriles is 1. The second-order valence-corrected chi connectivity index (χ2v) is 5.97. The number of methoxy groups -OCH3 is 1. The van der Waals surface area contributed by atoms with E-state index < -0.39 is 0 Å². The van der Waals surface area contributed by atoms with Gasteiger partial charge in [0.1, 0.15) is 11.1 Å². The van der Waals surface area contributed by atoms with Crippen LogP contribution in [-0.4, -0.2) is 12.1 Å². The molecule has 0 aliphatic rings. The Morgan fingerprint density at radius 2 is 2.19 bits per heavy atom. The summed E-state index contributed by atoms with van der Waals surface area (Å²) < 4.78 is 5.15. The van der Waals surface area contributed by atoms with E-state index in [0.717, 1.165) is 27.6 Å². The molecule has 0 saturated carbocycles. The highest BCUT2D eigenvalue weighted by Crippen LogP contribution is 2.28. The Bertz CT molecular complexity index is 682. The van der Waals surface area contributed by atoms with E-state index in [1.807, 2.05) is 37.3 Å². The van der Waals surface area contributed by atoms with Crippen LogP contribution in [0.15, 0.2) is 35.4 Å². The van der Waals surface area contributed by atoms with Crippen LogP contribution in [0.4, 0.5) is 0 Å². The Balaban J connectivity index is 2.25. The largest absolute Gasteiger partial charge is 0.380 e. The predicted molar refractivity (Wildman–Crippen MR) is 85.4 cm³/mol. The lowest BCUT2D eigenvalue weighted by atomic mass is 10.1. The fraction of sp³-hybridized carbons (Fsp3) is 0.250. The molecule has 0 unspecified atom stereocenters. The van der Waals surface area contributed by atoms with Crippen molar-refractivity contribution in [3.8, 4) is 6.07 Å². The van der Waals surface area contributed by atoms with Crippen molar-refractivity contribution in [2.75, 3.05) is 7.11 Å². The van der Waals surface area contributed by atoms with Crippen LogP contribution < -0.4 is 0 Å². The maximum Gasteiger partial charge on any atom is 0.115 e. The molecular weight excluding hydrogens is 304 g/mol. The van der Waals surface area contributed by atoms with E-state index in [4.69, 9.17) is 16.3 Å². The molecular formula is C16H15ClN2OS. The van der Waals surface area contributed by atoms with Crippen LogP contribution in [0.1, 0.15) is 22.4 Å². The predicted octanol–water partition coefficient (Wildman–Crippen LogP) is 4.35. The van der Waals surface area contributed by atoms with Gasteiger partial charge in [0, 0.05) is 23.6 Å². The summed E-state index contributed by atoms with van der Waals surface area (Å²) in [5.41, 5.74) is 3.46. The van der Waals surface area contributed by atoms with Gasteiger partial charge in [0.05, 0.1) is 12.2 Å². The lowest BCUT2D eigenvalue weighted by molar-refractivity contribution is 0.184. The Labute approximate surface area is 133 Å². The van der Waals surface area contributed by atoms with Crippen molar-refractivity contribution in [3.05, 3.63) is 57.7 Å². The first-order valence-corrected chi connectivity index (χ1v) is 7.77. The number of hydrogen-bond acceptors (Lipinski definition) is 4. The fourth-order valence-electron chi connectivity index (χ4n) is 1.98. The summed E-state index contributed by atoms with van der Waals surface area (Å²) in [6, 6.07) is 11.8. The van der Waals surface area contributed by atoms with Gasteiger partial charge < -0.3 is 4.74 Å². The Kier molecular flexibility index (Phi) is 5.63. The second-order valence-electron chi connectivity index (χ2n) is 4.57. The van der Waals surface area contributed by atoms with Crippen molar-refractivity contribution in [3.63, 3.8) is 0 Å². The lowest BCUT2D eigenvalue weighted by Crippen LogP contribution is -1.99. The minimum absolute atomic E-state index is 0.414. The summed E-state index contributed by atoms with van der Waals surface area (Å²) in [6.07, 6.45) is 0. The van der Waals surface area contributed by atoms with Gasteiger partial charge in [0.2, 0.25) is 0 Å². The highest BCUT2D eigenvalue weighted by atomic mass is 35.5. The number of thioether (sulfide) groups is 1. The number of pyridine rings is 1. The van der Waals surface area contributed by atoms with Crippen LogP contribution in [0.3, 0.4) is 0 Å². The Hall–Kier alpha value is -1.54. The second kappa shape index (κ2) is 7.46. The molecule has 108 valence electrons. The molecule has 0 aliphatic heterocycles. The number of ether oxygens (including phenoxy) is 1. The maximum absolute atomic E-state index is 9.38. The van der Waals surface area contributed by atoms with E-state index in [0.29, 0.717) is 17.2 Å². The normalized spacial score (nSPS) is 10.4. The zero-order valence-corrected chi connectivity index (χ0v) is 13.5. The minimum atomic E-state index is 0.414. The first kappa shape index (κ1) is 15.8. The number of benzene rings is 1. The molecule has 2 rings (SSSR count). The van der Waals surface area contributed by atoms with E-state index in [-0.39, 0.29) is 0 Å².